The number of benzene rings is 2. The van der Waals surface area contributed by atoms with Gasteiger partial charge in [-0.1, -0.05) is 43.7 Å². The maximum atomic E-state index is 12.9. The molecule has 160 valence electrons. The lowest BCUT2D eigenvalue weighted by Gasteiger charge is -2.39. The van der Waals surface area contributed by atoms with Crippen LogP contribution < -0.4 is 15.4 Å². The van der Waals surface area contributed by atoms with Crippen molar-refractivity contribution >= 4 is 17.6 Å². The maximum Gasteiger partial charge on any atom is 0.317 e. The third-order valence-corrected chi connectivity index (χ3v) is 5.56. The van der Waals surface area contributed by atoms with Crippen LogP contribution >= 0.6 is 0 Å². The second kappa shape index (κ2) is 10.7. The molecule has 1 aliphatic rings. The standard InChI is InChI=1S/C24H31N3O3/c1-3-4-16-25-24(29)27-17-19(10-15-22(27)18-8-6-5-7-9-18)23(28)26-20-11-13-21(30-2)14-12-20/h5-9,11-14,19,22H,3-4,10,15-17H2,1-2H3,(H,25,29)(H,26,28)/t19-,22+/m0/s1. The predicted molar refractivity (Wildman–Crippen MR) is 119 cm³/mol. The molecule has 1 saturated heterocycles. The molecule has 2 atom stereocenters. The van der Waals surface area contributed by atoms with E-state index in [0.29, 0.717) is 13.1 Å². The van der Waals surface area contributed by atoms with Gasteiger partial charge in [0.05, 0.1) is 19.1 Å². The van der Waals surface area contributed by atoms with Crippen LogP contribution in [0, 0.1) is 5.92 Å². The van der Waals surface area contributed by atoms with Crippen LogP contribution in [-0.4, -0.2) is 37.0 Å². The van der Waals surface area contributed by atoms with E-state index < -0.39 is 0 Å². The molecular formula is C24H31N3O3. The first-order valence-electron chi connectivity index (χ1n) is 10.7. The minimum absolute atomic E-state index is 0.0159. The van der Waals surface area contributed by atoms with Crippen LogP contribution in [0.15, 0.2) is 54.6 Å². The number of hydrogen-bond acceptors (Lipinski definition) is 3. The Morgan fingerprint density at radius 3 is 2.47 bits per heavy atom. The van der Waals surface area contributed by atoms with Gasteiger partial charge in [-0.2, -0.15) is 0 Å². The number of piperidine rings is 1. The fourth-order valence-corrected chi connectivity index (χ4v) is 3.82. The molecule has 1 heterocycles. The summed E-state index contributed by atoms with van der Waals surface area (Å²) in [4.78, 5) is 27.6. The van der Waals surface area contributed by atoms with Crippen molar-refractivity contribution in [1.82, 2.24) is 10.2 Å². The van der Waals surface area contributed by atoms with E-state index in [1.807, 2.05) is 47.4 Å². The van der Waals surface area contributed by atoms with Crippen LogP contribution in [0.2, 0.25) is 0 Å². The lowest BCUT2D eigenvalue weighted by molar-refractivity contribution is -0.121. The lowest BCUT2D eigenvalue weighted by Crippen LogP contribution is -2.49. The number of carbonyl (C=O) groups excluding carboxylic acids is 2. The van der Waals surface area contributed by atoms with Gasteiger partial charge in [0.25, 0.3) is 0 Å². The number of hydrogen-bond donors (Lipinski definition) is 2. The van der Waals surface area contributed by atoms with E-state index in [2.05, 4.69) is 29.7 Å². The van der Waals surface area contributed by atoms with Crippen molar-refractivity contribution in [3.05, 3.63) is 60.2 Å². The number of likely N-dealkylation sites (tertiary alicyclic amines) is 1. The largest absolute Gasteiger partial charge is 0.497 e. The smallest absolute Gasteiger partial charge is 0.317 e. The number of nitrogens with one attached hydrogen (secondary N) is 2. The molecule has 0 saturated carbocycles. The van der Waals surface area contributed by atoms with E-state index in [1.165, 1.54) is 0 Å². The Morgan fingerprint density at radius 1 is 1.07 bits per heavy atom. The van der Waals surface area contributed by atoms with E-state index in [-0.39, 0.29) is 23.9 Å². The molecular weight excluding hydrogens is 378 g/mol. The SMILES string of the molecule is CCCCNC(=O)N1C[C@@H](C(=O)Nc2ccc(OC)cc2)CC[C@@H]1c1ccccc1. The quantitative estimate of drug-likeness (QED) is 0.657. The molecule has 1 aliphatic heterocycles. The molecule has 3 rings (SSSR count). The van der Waals surface area contributed by atoms with E-state index in [9.17, 15) is 9.59 Å². The average molecular weight is 410 g/mol. The van der Waals surface area contributed by atoms with Crippen molar-refractivity contribution in [2.24, 2.45) is 5.92 Å². The highest BCUT2D eigenvalue weighted by Gasteiger charge is 2.35. The number of methoxy groups -OCH3 is 1. The van der Waals surface area contributed by atoms with E-state index in [0.717, 1.165) is 42.7 Å². The number of urea groups is 1. The molecule has 2 N–H and O–H groups in total. The summed E-state index contributed by atoms with van der Waals surface area (Å²) in [5, 5.41) is 5.99. The van der Waals surface area contributed by atoms with Crippen LogP contribution in [0.1, 0.15) is 44.2 Å². The molecule has 0 aromatic heterocycles. The summed E-state index contributed by atoms with van der Waals surface area (Å²) >= 11 is 0. The summed E-state index contributed by atoms with van der Waals surface area (Å²) in [5.41, 5.74) is 1.84. The Morgan fingerprint density at radius 2 is 1.80 bits per heavy atom. The molecule has 30 heavy (non-hydrogen) atoms. The summed E-state index contributed by atoms with van der Waals surface area (Å²) in [6.45, 7) is 3.15. The molecule has 6 nitrogen and oxygen atoms in total. The van der Waals surface area contributed by atoms with Crippen LogP contribution in [0.3, 0.4) is 0 Å². The van der Waals surface area contributed by atoms with Gasteiger partial charge in [0.15, 0.2) is 0 Å². The second-order valence-corrected chi connectivity index (χ2v) is 7.66. The topological polar surface area (TPSA) is 70.7 Å². The van der Waals surface area contributed by atoms with Crippen LogP contribution in [-0.2, 0) is 4.79 Å². The minimum Gasteiger partial charge on any atom is -0.497 e. The van der Waals surface area contributed by atoms with Gasteiger partial charge < -0.3 is 20.3 Å². The summed E-state index contributed by atoms with van der Waals surface area (Å²) in [6.07, 6.45) is 3.46. The predicted octanol–water partition coefficient (Wildman–Crippen LogP) is 4.60. The molecule has 0 bridgehead atoms. The summed E-state index contributed by atoms with van der Waals surface area (Å²) in [7, 11) is 1.61. The summed E-state index contributed by atoms with van der Waals surface area (Å²) < 4.78 is 5.16. The minimum atomic E-state index is -0.246. The Bertz CT molecular complexity index is 823. The Labute approximate surface area is 178 Å². The number of rotatable bonds is 7. The molecule has 2 aromatic carbocycles. The monoisotopic (exact) mass is 409 g/mol. The van der Waals surface area contributed by atoms with E-state index in [1.54, 1.807) is 7.11 Å². The van der Waals surface area contributed by atoms with Gasteiger partial charge in [0.1, 0.15) is 5.75 Å². The Balaban J connectivity index is 1.70. The van der Waals surface area contributed by atoms with Crippen molar-refractivity contribution < 1.29 is 14.3 Å². The van der Waals surface area contributed by atoms with E-state index >= 15 is 0 Å². The second-order valence-electron chi connectivity index (χ2n) is 7.66. The third kappa shape index (κ3) is 5.53. The highest BCUT2D eigenvalue weighted by molar-refractivity contribution is 5.93. The zero-order valence-electron chi connectivity index (χ0n) is 17.8. The van der Waals surface area contributed by atoms with Gasteiger partial charge in [-0.15, -0.1) is 0 Å². The normalized spacial score (nSPS) is 18.5. The van der Waals surface area contributed by atoms with Crippen molar-refractivity contribution in [3.63, 3.8) is 0 Å². The number of carbonyl (C=O) groups is 2. The molecule has 0 spiro atoms. The molecule has 0 radical (unpaired) electrons. The lowest BCUT2D eigenvalue weighted by atomic mass is 9.88. The molecule has 2 aromatic rings. The third-order valence-electron chi connectivity index (χ3n) is 5.56. The highest BCUT2D eigenvalue weighted by atomic mass is 16.5. The first-order valence-corrected chi connectivity index (χ1v) is 10.7. The van der Waals surface area contributed by atoms with Crippen LogP contribution in [0.5, 0.6) is 5.75 Å². The molecule has 1 fully saturated rings. The maximum absolute atomic E-state index is 12.9. The number of anilines is 1. The number of ether oxygens (including phenoxy) is 1. The molecule has 6 heteroatoms. The van der Waals surface area contributed by atoms with Crippen molar-refractivity contribution in [1.29, 1.82) is 0 Å². The van der Waals surface area contributed by atoms with Gasteiger partial charge in [-0.25, -0.2) is 4.79 Å². The first-order chi connectivity index (χ1) is 14.6. The fraction of sp³-hybridized carbons (Fsp3) is 0.417. The number of nitrogens with zero attached hydrogens (tertiary/aromatic N) is 1. The number of unbranched alkanes of at least 4 members (excludes halogenated alkanes) is 1. The van der Waals surface area contributed by atoms with E-state index in [4.69, 9.17) is 4.74 Å². The Kier molecular flexibility index (Phi) is 7.71. The van der Waals surface area contributed by atoms with Crippen LogP contribution in [0.25, 0.3) is 0 Å². The highest BCUT2D eigenvalue weighted by Crippen LogP contribution is 2.34. The molecule has 0 unspecified atom stereocenters. The average Bonchev–Trinajstić information content (AvgIpc) is 2.80. The summed E-state index contributed by atoms with van der Waals surface area (Å²) in [6, 6.07) is 17.2. The molecule has 3 amide bonds. The van der Waals surface area contributed by atoms with Crippen molar-refractivity contribution in [2.75, 3.05) is 25.5 Å². The van der Waals surface area contributed by atoms with Gasteiger partial charge >= 0.3 is 6.03 Å². The summed E-state index contributed by atoms with van der Waals surface area (Å²) in [5.74, 6) is 0.438. The van der Waals surface area contributed by atoms with Crippen molar-refractivity contribution in [3.8, 4) is 5.75 Å². The Hall–Kier alpha value is -3.02. The van der Waals surface area contributed by atoms with Crippen molar-refractivity contribution in [2.45, 2.75) is 38.6 Å². The van der Waals surface area contributed by atoms with Gasteiger partial charge in [-0.3, -0.25) is 4.79 Å². The first kappa shape index (κ1) is 21.7. The molecule has 0 aliphatic carbocycles. The van der Waals surface area contributed by atoms with Crippen LogP contribution in [0.4, 0.5) is 10.5 Å². The van der Waals surface area contributed by atoms with Gasteiger partial charge in [0, 0.05) is 18.8 Å². The number of amides is 3. The van der Waals surface area contributed by atoms with Gasteiger partial charge in [-0.05, 0) is 49.1 Å². The zero-order chi connectivity index (χ0) is 21.3. The zero-order valence-corrected chi connectivity index (χ0v) is 17.8. The van der Waals surface area contributed by atoms with Gasteiger partial charge in [0.2, 0.25) is 5.91 Å². The fourth-order valence-electron chi connectivity index (χ4n) is 3.82.